The molecule has 0 amide bonds. The third-order valence-electron chi connectivity index (χ3n) is 2.51. The zero-order chi connectivity index (χ0) is 11.1. The molecule has 1 rings (SSSR count). The Morgan fingerprint density at radius 3 is 2.07 bits per heavy atom. The molecule has 78 valence electrons. The summed E-state index contributed by atoms with van der Waals surface area (Å²) in [7, 11) is 0. The Bertz CT molecular complexity index is 335. The minimum absolute atomic E-state index is 0.0398. The number of phenolic OH excluding ortho intramolecular Hbond substituents is 1. The highest BCUT2D eigenvalue weighted by molar-refractivity contribution is 5.47. The Hall–Kier alpha value is -1.05. The quantitative estimate of drug-likeness (QED) is 0.673. The number of benzene rings is 1. The van der Waals surface area contributed by atoms with Crippen LogP contribution in [-0.2, 0) is 5.41 Å². The second kappa shape index (κ2) is 3.26. The molecule has 0 fully saturated rings. The van der Waals surface area contributed by atoms with Crippen molar-refractivity contribution in [2.45, 2.75) is 40.0 Å². The number of hydrogen-bond acceptors (Lipinski definition) is 1. The van der Waals surface area contributed by atoms with Crippen LogP contribution in [0.3, 0.4) is 0 Å². The van der Waals surface area contributed by atoms with Crippen LogP contribution in [0.25, 0.3) is 0 Å². The monoisotopic (exact) mass is 196 g/mol. The van der Waals surface area contributed by atoms with Gasteiger partial charge in [0.25, 0.3) is 0 Å². The van der Waals surface area contributed by atoms with Gasteiger partial charge >= 0.3 is 0 Å². The van der Waals surface area contributed by atoms with E-state index < -0.39 is 0 Å². The van der Waals surface area contributed by atoms with Gasteiger partial charge in [0.05, 0.1) is 0 Å². The Labute approximate surface area is 84.6 Å². The highest BCUT2D eigenvalue weighted by Crippen LogP contribution is 2.34. The topological polar surface area (TPSA) is 20.2 Å². The Morgan fingerprint density at radius 2 is 1.64 bits per heavy atom. The average Bonchev–Trinajstić information content (AvgIpc) is 1.98. The lowest BCUT2D eigenvalue weighted by Gasteiger charge is -2.25. The molecule has 2 heteroatoms. The number of aromatic hydroxyl groups is 1. The van der Waals surface area contributed by atoms with Crippen molar-refractivity contribution in [1.29, 1.82) is 0 Å². The molecule has 0 radical (unpaired) electrons. The summed E-state index contributed by atoms with van der Waals surface area (Å²) in [5.41, 5.74) is 2.16. The molecule has 0 aliphatic carbocycles. The maximum absolute atomic E-state index is 13.4. The van der Waals surface area contributed by atoms with E-state index in [2.05, 4.69) is 0 Å². The first-order valence-electron chi connectivity index (χ1n) is 4.74. The first-order chi connectivity index (χ1) is 6.25. The maximum Gasteiger partial charge on any atom is 0.130 e. The summed E-state index contributed by atoms with van der Waals surface area (Å²) in [6.07, 6.45) is 0. The van der Waals surface area contributed by atoms with E-state index in [4.69, 9.17) is 0 Å². The molecule has 0 bridgehead atoms. The number of phenols is 1. The largest absolute Gasteiger partial charge is 0.508 e. The van der Waals surface area contributed by atoms with Crippen LogP contribution in [0.15, 0.2) is 6.07 Å². The van der Waals surface area contributed by atoms with Gasteiger partial charge in [-0.05, 0) is 36.0 Å². The molecular weight excluding hydrogens is 179 g/mol. The normalized spacial score (nSPS) is 11.9. The summed E-state index contributed by atoms with van der Waals surface area (Å²) in [6, 6.07) is 1.18. The Balaban J connectivity index is 3.56. The molecule has 0 saturated carbocycles. The van der Waals surface area contributed by atoms with Crippen LogP contribution in [-0.4, -0.2) is 5.11 Å². The second-order valence-electron chi connectivity index (χ2n) is 4.75. The number of halogens is 1. The number of rotatable bonds is 0. The van der Waals surface area contributed by atoms with Crippen molar-refractivity contribution in [3.8, 4) is 5.75 Å². The van der Waals surface area contributed by atoms with E-state index >= 15 is 0 Å². The zero-order valence-corrected chi connectivity index (χ0v) is 9.40. The van der Waals surface area contributed by atoms with E-state index in [1.165, 1.54) is 6.07 Å². The molecule has 0 aliphatic rings. The minimum Gasteiger partial charge on any atom is -0.508 e. The second-order valence-corrected chi connectivity index (χ2v) is 4.75. The first-order valence-corrected chi connectivity index (χ1v) is 4.74. The fourth-order valence-electron chi connectivity index (χ4n) is 1.99. The highest BCUT2D eigenvalue weighted by atomic mass is 19.1. The lowest BCUT2D eigenvalue weighted by molar-refractivity contribution is 0.456. The number of hydrogen-bond donors (Lipinski definition) is 1. The molecule has 1 aromatic rings. The maximum atomic E-state index is 13.4. The van der Waals surface area contributed by atoms with Crippen LogP contribution in [0, 0.1) is 19.7 Å². The molecule has 0 spiro atoms. The predicted octanol–water partition coefficient (Wildman–Crippen LogP) is 3.45. The van der Waals surface area contributed by atoms with Crippen LogP contribution < -0.4 is 0 Å². The van der Waals surface area contributed by atoms with Crippen molar-refractivity contribution in [3.05, 3.63) is 28.6 Å². The zero-order valence-electron chi connectivity index (χ0n) is 9.40. The summed E-state index contributed by atoms with van der Waals surface area (Å²) in [4.78, 5) is 0. The van der Waals surface area contributed by atoms with Crippen molar-refractivity contribution in [2.75, 3.05) is 0 Å². The molecule has 0 aromatic heterocycles. The van der Waals surface area contributed by atoms with Crippen molar-refractivity contribution in [2.24, 2.45) is 0 Å². The Morgan fingerprint density at radius 1 is 1.14 bits per heavy atom. The first kappa shape index (κ1) is 11.0. The summed E-state index contributed by atoms with van der Waals surface area (Å²) >= 11 is 0. The van der Waals surface area contributed by atoms with Crippen molar-refractivity contribution >= 4 is 0 Å². The van der Waals surface area contributed by atoms with Crippen LogP contribution >= 0.6 is 0 Å². The third kappa shape index (κ3) is 1.74. The van der Waals surface area contributed by atoms with Gasteiger partial charge in [0, 0.05) is 6.07 Å². The van der Waals surface area contributed by atoms with E-state index in [0.29, 0.717) is 5.56 Å². The van der Waals surface area contributed by atoms with Gasteiger partial charge in [0.1, 0.15) is 11.6 Å². The molecule has 14 heavy (non-hydrogen) atoms. The third-order valence-corrected chi connectivity index (χ3v) is 2.51. The lowest BCUT2D eigenvalue weighted by atomic mass is 9.81. The van der Waals surface area contributed by atoms with Gasteiger partial charge in [-0.2, -0.15) is 0 Å². The van der Waals surface area contributed by atoms with Gasteiger partial charge in [-0.1, -0.05) is 20.8 Å². The summed E-state index contributed by atoms with van der Waals surface area (Å²) < 4.78 is 13.4. The highest BCUT2D eigenvalue weighted by Gasteiger charge is 2.22. The summed E-state index contributed by atoms with van der Waals surface area (Å²) in [5.74, 6) is -0.295. The smallest absolute Gasteiger partial charge is 0.130 e. The van der Waals surface area contributed by atoms with Gasteiger partial charge in [-0.3, -0.25) is 0 Å². The van der Waals surface area contributed by atoms with E-state index in [0.717, 1.165) is 11.1 Å². The summed E-state index contributed by atoms with van der Waals surface area (Å²) in [6.45, 7) is 9.62. The van der Waals surface area contributed by atoms with Crippen LogP contribution in [0.2, 0.25) is 0 Å². The molecule has 0 heterocycles. The van der Waals surface area contributed by atoms with Crippen LogP contribution in [0.1, 0.15) is 37.5 Å². The molecule has 0 saturated heterocycles. The van der Waals surface area contributed by atoms with Gasteiger partial charge in [0.2, 0.25) is 0 Å². The lowest BCUT2D eigenvalue weighted by Crippen LogP contribution is -2.16. The van der Waals surface area contributed by atoms with Crippen molar-refractivity contribution in [1.82, 2.24) is 0 Å². The van der Waals surface area contributed by atoms with E-state index in [1.54, 1.807) is 6.92 Å². The van der Waals surface area contributed by atoms with Crippen molar-refractivity contribution < 1.29 is 9.50 Å². The van der Waals surface area contributed by atoms with Gasteiger partial charge < -0.3 is 5.11 Å². The molecular formula is C12H17FO. The molecule has 0 aliphatic heterocycles. The molecule has 1 aromatic carbocycles. The van der Waals surface area contributed by atoms with Crippen LogP contribution in [0.5, 0.6) is 5.75 Å². The standard InChI is InChI=1S/C12H17FO/c1-7-9(13)6-10(14)8(2)11(7)12(3,4)5/h6,14H,1-5H3. The fraction of sp³-hybridized carbons (Fsp3) is 0.500. The molecule has 1 nitrogen and oxygen atoms in total. The van der Waals surface area contributed by atoms with Gasteiger partial charge in [0.15, 0.2) is 0 Å². The van der Waals surface area contributed by atoms with E-state index in [-0.39, 0.29) is 17.0 Å². The Kier molecular flexibility index (Phi) is 2.57. The predicted molar refractivity (Wildman–Crippen MR) is 56.2 cm³/mol. The summed E-state index contributed by atoms with van der Waals surface area (Å²) in [5, 5.41) is 9.53. The SMILES string of the molecule is Cc1c(O)cc(F)c(C)c1C(C)(C)C. The molecule has 0 atom stereocenters. The average molecular weight is 196 g/mol. The van der Waals surface area contributed by atoms with E-state index in [1.807, 2.05) is 27.7 Å². The van der Waals surface area contributed by atoms with E-state index in [9.17, 15) is 9.50 Å². The van der Waals surface area contributed by atoms with Crippen molar-refractivity contribution in [3.63, 3.8) is 0 Å². The molecule has 1 N–H and O–H groups in total. The minimum atomic E-state index is -0.335. The van der Waals surface area contributed by atoms with Crippen LogP contribution in [0.4, 0.5) is 4.39 Å². The van der Waals surface area contributed by atoms with Gasteiger partial charge in [-0.25, -0.2) is 4.39 Å². The van der Waals surface area contributed by atoms with Gasteiger partial charge in [-0.15, -0.1) is 0 Å². The fourth-order valence-corrected chi connectivity index (χ4v) is 1.99. The molecule has 0 unspecified atom stereocenters.